The molecule has 0 radical (unpaired) electrons. The molecule has 6 heteroatoms. The van der Waals surface area contributed by atoms with Gasteiger partial charge in [-0.3, -0.25) is 10.1 Å². The lowest BCUT2D eigenvalue weighted by molar-refractivity contribution is -0.384. The molecule has 0 saturated carbocycles. The van der Waals surface area contributed by atoms with Gasteiger partial charge in [0.1, 0.15) is 5.82 Å². The Balaban J connectivity index is 1.83. The highest BCUT2D eigenvalue weighted by Crippen LogP contribution is 2.22. The number of hydrogen-bond donors (Lipinski definition) is 1. The summed E-state index contributed by atoms with van der Waals surface area (Å²) < 4.78 is 0. The van der Waals surface area contributed by atoms with Gasteiger partial charge in [0.2, 0.25) is 0 Å². The van der Waals surface area contributed by atoms with Crippen molar-refractivity contribution in [2.24, 2.45) is 0 Å². The molecule has 3 rings (SSSR count). The van der Waals surface area contributed by atoms with Crippen molar-refractivity contribution in [1.82, 2.24) is 10.3 Å². The van der Waals surface area contributed by atoms with E-state index in [1.807, 2.05) is 19.2 Å². The van der Waals surface area contributed by atoms with Gasteiger partial charge >= 0.3 is 0 Å². The molecule has 0 amide bonds. The first kappa shape index (κ1) is 13.8. The van der Waals surface area contributed by atoms with E-state index in [9.17, 15) is 10.1 Å². The van der Waals surface area contributed by atoms with Crippen LogP contribution < -0.4 is 10.2 Å². The van der Waals surface area contributed by atoms with Gasteiger partial charge < -0.3 is 10.2 Å². The summed E-state index contributed by atoms with van der Waals surface area (Å²) in [5.41, 5.74) is 0.880. The smallest absolute Gasteiger partial charge is 0.270 e. The molecule has 21 heavy (non-hydrogen) atoms. The molecule has 1 N–H and O–H groups in total. The van der Waals surface area contributed by atoms with Crippen molar-refractivity contribution >= 4 is 22.4 Å². The van der Waals surface area contributed by atoms with Gasteiger partial charge in [-0.25, -0.2) is 4.98 Å². The Kier molecular flexibility index (Phi) is 3.70. The van der Waals surface area contributed by atoms with Gasteiger partial charge in [-0.2, -0.15) is 0 Å². The van der Waals surface area contributed by atoms with E-state index < -0.39 is 0 Å². The van der Waals surface area contributed by atoms with Crippen LogP contribution >= 0.6 is 0 Å². The van der Waals surface area contributed by atoms with Crippen molar-refractivity contribution in [3.63, 3.8) is 0 Å². The van der Waals surface area contributed by atoms with Crippen LogP contribution in [0.5, 0.6) is 0 Å². The van der Waals surface area contributed by atoms with Gasteiger partial charge in [0.25, 0.3) is 5.69 Å². The fourth-order valence-electron chi connectivity index (χ4n) is 2.77. The Morgan fingerprint density at radius 2 is 2.29 bits per heavy atom. The highest BCUT2D eigenvalue weighted by Gasteiger charge is 2.17. The maximum Gasteiger partial charge on any atom is 0.270 e. The lowest BCUT2D eigenvalue weighted by atomic mass is 10.2. The van der Waals surface area contributed by atoms with Crippen LogP contribution in [0.25, 0.3) is 10.9 Å². The fourth-order valence-corrected chi connectivity index (χ4v) is 2.77. The maximum absolute atomic E-state index is 10.8. The first-order chi connectivity index (χ1) is 10.1. The third kappa shape index (κ3) is 2.95. The van der Waals surface area contributed by atoms with Gasteiger partial charge in [-0.1, -0.05) is 0 Å². The summed E-state index contributed by atoms with van der Waals surface area (Å²) in [6, 6.07) is 9.09. The van der Waals surface area contributed by atoms with E-state index in [2.05, 4.69) is 15.2 Å². The monoisotopic (exact) mass is 286 g/mol. The summed E-state index contributed by atoms with van der Waals surface area (Å²) in [4.78, 5) is 17.1. The van der Waals surface area contributed by atoms with Crippen LogP contribution in [0.3, 0.4) is 0 Å². The minimum absolute atomic E-state index is 0.0977. The number of fused-ring (bicyclic) bond motifs is 1. The van der Waals surface area contributed by atoms with Crippen molar-refractivity contribution in [1.29, 1.82) is 0 Å². The fraction of sp³-hybridized carbons (Fsp3) is 0.400. The number of rotatable bonds is 4. The van der Waals surface area contributed by atoms with Gasteiger partial charge in [0.05, 0.1) is 10.4 Å². The molecular formula is C15H18N4O2. The highest BCUT2D eigenvalue weighted by molar-refractivity contribution is 5.82. The molecule has 1 aromatic carbocycles. The Hall–Kier alpha value is -2.21. The number of likely N-dealkylation sites (N-methyl/N-ethyl adjacent to an activating group) is 1. The Labute approximate surface area is 122 Å². The van der Waals surface area contributed by atoms with Crippen molar-refractivity contribution in [3.05, 3.63) is 40.4 Å². The van der Waals surface area contributed by atoms with Crippen molar-refractivity contribution in [3.8, 4) is 0 Å². The lowest BCUT2D eigenvalue weighted by Gasteiger charge is -2.22. The number of non-ortho nitro benzene ring substituents is 1. The van der Waals surface area contributed by atoms with Crippen LogP contribution in [-0.4, -0.2) is 36.1 Å². The molecule has 1 saturated heterocycles. The molecule has 2 aromatic rings. The number of hydrogen-bond acceptors (Lipinski definition) is 5. The molecule has 0 spiro atoms. The number of nitrogens with one attached hydrogen (secondary N) is 1. The van der Waals surface area contributed by atoms with E-state index in [0.717, 1.165) is 29.8 Å². The van der Waals surface area contributed by atoms with E-state index >= 15 is 0 Å². The van der Waals surface area contributed by atoms with Crippen LogP contribution in [0.4, 0.5) is 11.5 Å². The summed E-state index contributed by atoms with van der Waals surface area (Å²) in [5, 5.41) is 15.0. The molecule has 1 fully saturated rings. The van der Waals surface area contributed by atoms with E-state index in [0.29, 0.717) is 6.04 Å². The second kappa shape index (κ2) is 5.65. The molecule has 6 nitrogen and oxygen atoms in total. The van der Waals surface area contributed by atoms with Gasteiger partial charge in [0.15, 0.2) is 0 Å². The quantitative estimate of drug-likeness (QED) is 0.690. The summed E-state index contributed by atoms with van der Waals surface area (Å²) in [7, 11) is 2.03. The standard InChI is InChI=1S/C15H18N4O2/c1-18(10-12-3-2-8-16-12)15-7-4-11-9-13(19(20)21)5-6-14(11)17-15/h4-7,9,12,16H,2-3,8,10H2,1H3. The van der Waals surface area contributed by atoms with E-state index in [1.165, 1.54) is 18.9 Å². The van der Waals surface area contributed by atoms with Crippen LogP contribution in [0.2, 0.25) is 0 Å². The summed E-state index contributed by atoms with van der Waals surface area (Å²) in [5.74, 6) is 0.894. The molecule has 1 aliphatic heterocycles. The lowest BCUT2D eigenvalue weighted by Crippen LogP contribution is -2.35. The molecule has 0 aliphatic carbocycles. The van der Waals surface area contributed by atoms with Crippen LogP contribution in [0.1, 0.15) is 12.8 Å². The molecule has 0 bridgehead atoms. The van der Waals surface area contributed by atoms with Crippen molar-refractivity contribution < 1.29 is 4.92 Å². The molecule has 1 aromatic heterocycles. The van der Waals surface area contributed by atoms with E-state index in [4.69, 9.17) is 0 Å². The predicted octanol–water partition coefficient (Wildman–Crippen LogP) is 2.33. The van der Waals surface area contributed by atoms with Crippen LogP contribution in [0, 0.1) is 10.1 Å². The zero-order valence-corrected chi connectivity index (χ0v) is 12.0. The molecule has 1 aliphatic rings. The topological polar surface area (TPSA) is 71.3 Å². The minimum atomic E-state index is -0.384. The Morgan fingerprint density at radius 3 is 3.00 bits per heavy atom. The predicted molar refractivity (Wildman–Crippen MR) is 82.7 cm³/mol. The Morgan fingerprint density at radius 1 is 1.43 bits per heavy atom. The van der Waals surface area contributed by atoms with Gasteiger partial charge in [-0.05, 0) is 37.6 Å². The zero-order valence-electron chi connectivity index (χ0n) is 12.0. The zero-order chi connectivity index (χ0) is 14.8. The highest BCUT2D eigenvalue weighted by atomic mass is 16.6. The summed E-state index contributed by atoms with van der Waals surface area (Å²) in [6.45, 7) is 2.01. The minimum Gasteiger partial charge on any atom is -0.358 e. The van der Waals surface area contributed by atoms with E-state index in [1.54, 1.807) is 12.1 Å². The normalized spacial score (nSPS) is 18.0. The molecule has 2 heterocycles. The van der Waals surface area contributed by atoms with Crippen molar-refractivity contribution in [2.75, 3.05) is 25.0 Å². The van der Waals surface area contributed by atoms with E-state index in [-0.39, 0.29) is 10.6 Å². The number of anilines is 1. The number of nitrogens with zero attached hydrogens (tertiary/aromatic N) is 3. The molecule has 1 unspecified atom stereocenters. The van der Waals surface area contributed by atoms with Crippen molar-refractivity contribution in [2.45, 2.75) is 18.9 Å². The van der Waals surface area contributed by atoms with Crippen LogP contribution in [-0.2, 0) is 0 Å². The number of benzene rings is 1. The average Bonchev–Trinajstić information content (AvgIpc) is 2.99. The number of nitro groups is 1. The molecule has 110 valence electrons. The number of pyridine rings is 1. The second-order valence-electron chi connectivity index (χ2n) is 5.48. The summed E-state index contributed by atoms with van der Waals surface area (Å²) in [6.07, 6.45) is 2.43. The first-order valence-electron chi connectivity index (χ1n) is 7.13. The third-order valence-corrected chi connectivity index (χ3v) is 3.92. The van der Waals surface area contributed by atoms with Gasteiger partial charge in [0, 0.05) is 37.2 Å². The average molecular weight is 286 g/mol. The summed E-state index contributed by atoms with van der Waals surface area (Å²) >= 11 is 0. The first-order valence-corrected chi connectivity index (χ1v) is 7.13. The second-order valence-corrected chi connectivity index (χ2v) is 5.48. The van der Waals surface area contributed by atoms with Crippen LogP contribution in [0.15, 0.2) is 30.3 Å². The number of aromatic nitrogens is 1. The maximum atomic E-state index is 10.8. The SMILES string of the molecule is CN(CC1CCCN1)c1ccc2cc([N+](=O)[O-])ccc2n1. The molecular weight excluding hydrogens is 268 g/mol. The number of nitro benzene ring substituents is 1. The molecule has 1 atom stereocenters. The Bertz CT molecular complexity index is 668. The largest absolute Gasteiger partial charge is 0.358 e. The van der Waals surface area contributed by atoms with Gasteiger partial charge in [-0.15, -0.1) is 0 Å². The third-order valence-electron chi connectivity index (χ3n) is 3.92.